The second-order valence-electron chi connectivity index (χ2n) is 3.69. The maximum atomic E-state index is 5.87. The van der Waals surface area contributed by atoms with E-state index in [2.05, 4.69) is 11.9 Å². The molecule has 0 saturated carbocycles. The molecule has 3 unspecified atom stereocenters. The lowest BCUT2D eigenvalue weighted by Crippen LogP contribution is -2.08. The van der Waals surface area contributed by atoms with E-state index in [1.807, 2.05) is 6.92 Å². The minimum absolute atomic E-state index is 0.165. The van der Waals surface area contributed by atoms with Crippen molar-refractivity contribution in [1.82, 2.24) is 4.98 Å². The molecule has 0 bridgehead atoms. The Balaban J connectivity index is 2.16. The molecule has 14 heavy (non-hydrogen) atoms. The van der Waals surface area contributed by atoms with Crippen LogP contribution in [-0.2, 0) is 4.74 Å². The molecule has 0 aliphatic carbocycles. The number of alkyl halides is 1. The second kappa shape index (κ2) is 3.91. The molecule has 0 aromatic carbocycles. The molecular formula is C10H14ClNO2. The summed E-state index contributed by atoms with van der Waals surface area (Å²) in [7, 11) is 0. The first-order chi connectivity index (χ1) is 6.68. The Bertz CT molecular complexity index is 311. The molecule has 1 aromatic heterocycles. The molecule has 0 radical (unpaired) electrons. The Morgan fingerprint density at radius 1 is 1.64 bits per heavy atom. The van der Waals surface area contributed by atoms with Crippen LogP contribution in [0.1, 0.15) is 43.2 Å². The standard InChI is InChI=1S/C10H14ClNO2/c1-6(11)10-12-5-9(14-10)8-3-4-13-7(8)2/h5-8H,3-4H2,1-2H3. The highest BCUT2D eigenvalue weighted by Gasteiger charge is 2.29. The lowest BCUT2D eigenvalue weighted by Gasteiger charge is -2.09. The number of hydrogen-bond donors (Lipinski definition) is 0. The van der Waals surface area contributed by atoms with Crippen LogP contribution in [0.25, 0.3) is 0 Å². The molecule has 3 nitrogen and oxygen atoms in total. The van der Waals surface area contributed by atoms with Crippen molar-refractivity contribution in [3.63, 3.8) is 0 Å². The molecule has 1 aliphatic rings. The van der Waals surface area contributed by atoms with Gasteiger partial charge in [-0.25, -0.2) is 4.98 Å². The zero-order valence-corrected chi connectivity index (χ0v) is 9.12. The average molecular weight is 216 g/mol. The predicted molar refractivity (Wildman–Crippen MR) is 53.5 cm³/mol. The van der Waals surface area contributed by atoms with Gasteiger partial charge in [-0.1, -0.05) is 0 Å². The van der Waals surface area contributed by atoms with Gasteiger partial charge in [0.25, 0.3) is 0 Å². The van der Waals surface area contributed by atoms with Gasteiger partial charge in [-0.2, -0.15) is 0 Å². The lowest BCUT2D eigenvalue weighted by molar-refractivity contribution is 0.115. The van der Waals surface area contributed by atoms with Gasteiger partial charge in [0.15, 0.2) is 0 Å². The number of nitrogens with zero attached hydrogens (tertiary/aromatic N) is 1. The van der Waals surface area contributed by atoms with Crippen molar-refractivity contribution in [3.8, 4) is 0 Å². The molecule has 0 spiro atoms. The molecule has 0 amide bonds. The largest absolute Gasteiger partial charge is 0.444 e. The van der Waals surface area contributed by atoms with E-state index in [1.165, 1.54) is 0 Å². The third kappa shape index (κ3) is 1.79. The van der Waals surface area contributed by atoms with E-state index in [0.717, 1.165) is 18.8 Å². The molecule has 4 heteroatoms. The molecular weight excluding hydrogens is 202 g/mol. The first kappa shape index (κ1) is 9.99. The quantitative estimate of drug-likeness (QED) is 0.712. The maximum Gasteiger partial charge on any atom is 0.212 e. The van der Waals surface area contributed by atoms with Gasteiger partial charge in [0, 0.05) is 12.5 Å². The van der Waals surface area contributed by atoms with Crippen LogP contribution < -0.4 is 0 Å². The summed E-state index contributed by atoms with van der Waals surface area (Å²) < 4.78 is 11.0. The summed E-state index contributed by atoms with van der Waals surface area (Å²) in [6.45, 7) is 4.72. The molecule has 2 rings (SSSR count). The molecule has 0 N–H and O–H groups in total. The van der Waals surface area contributed by atoms with Crippen LogP contribution in [0.4, 0.5) is 0 Å². The average Bonchev–Trinajstić information content (AvgIpc) is 2.71. The Kier molecular flexibility index (Phi) is 2.79. The smallest absolute Gasteiger partial charge is 0.212 e. The Morgan fingerprint density at radius 2 is 2.43 bits per heavy atom. The van der Waals surface area contributed by atoms with Crippen molar-refractivity contribution >= 4 is 11.6 Å². The van der Waals surface area contributed by atoms with E-state index < -0.39 is 0 Å². The number of hydrogen-bond acceptors (Lipinski definition) is 3. The second-order valence-corrected chi connectivity index (χ2v) is 4.34. The molecule has 1 aliphatic heterocycles. The van der Waals surface area contributed by atoms with Crippen molar-refractivity contribution in [2.45, 2.75) is 37.7 Å². The minimum atomic E-state index is -0.165. The predicted octanol–water partition coefficient (Wildman–Crippen LogP) is 2.87. The molecule has 2 heterocycles. The summed E-state index contributed by atoms with van der Waals surface area (Å²) in [5, 5.41) is -0.165. The number of ether oxygens (including phenoxy) is 1. The van der Waals surface area contributed by atoms with E-state index in [4.69, 9.17) is 20.8 Å². The highest BCUT2D eigenvalue weighted by molar-refractivity contribution is 6.20. The lowest BCUT2D eigenvalue weighted by atomic mass is 10.0. The van der Waals surface area contributed by atoms with Crippen molar-refractivity contribution in [2.24, 2.45) is 0 Å². The van der Waals surface area contributed by atoms with Crippen molar-refractivity contribution in [3.05, 3.63) is 17.8 Å². The van der Waals surface area contributed by atoms with Crippen LogP contribution in [0.5, 0.6) is 0 Å². The Hall–Kier alpha value is -0.540. The van der Waals surface area contributed by atoms with E-state index in [0.29, 0.717) is 11.8 Å². The normalized spacial score (nSPS) is 29.4. The van der Waals surface area contributed by atoms with Gasteiger partial charge in [-0.15, -0.1) is 11.6 Å². The molecule has 1 aromatic rings. The Labute approximate surface area is 88.4 Å². The van der Waals surface area contributed by atoms with Crippen molar-refractivity contribution in [2.75, 3.05) is 6.61 Å². The highest BCUT2D eigenvalue weighted by atomic mass is 35.5. The third-order valence-corrected chi connectivity index (χ3v) is 2.81. The summed E-state index contributed by atoms with van der Waals surface area (Å²) in [5.41, 5.74) is 0. The summed E-state index contributed by atoms with van der Waals surface area (Å²) in [4.78, 5) is 4.14. The van der Waals surface area contributed by atoms with Gasteiger partial charge < -0.3 is 9.15 Å². The van der Waals surface area contributed by atoms with E-state index >= 15 is 0 Å². The van der Waals surface area contributed by atoms with Crippen LogP contribution in [0.3, 0.4) is 0 Å². The van der Waals surface area contributed by atoms with Crippen LogP contribution in [-0.4, -0.2) is 17.7 Å². The van der Waals surface area contributed by atoms with Gasteiger partial charge in [0.05, 0.1) is 12.3 Å². The molecule has 1 fully saturated rings. The monoisotopic (exact) mass is 215 g/mol. The summed E-state index contributed by atoms with van der Waals surface area (Å²) in [6, 6.07) is 0. The minimum Gasteiger partial charge on any atom is -0.444 e. The number of aromatic nitrogens is 1. The van der Waals surface area contributed by atoms with E-state index in [-0.39, 0.29) is 11.5 Å². The first-order valence-electron chi connectivity index (χ1n) is 4.89. The molecule has 1 saturated heterocycles. The molecule has 78 valence electrons. The molecule has 3 atom stereocenters. The van der Waals surface area contributed by atoms with Gasteiger partial charge in [0.2, 0.25) is 5.89 Å². The van der Waals surface area contributed by atoms with Gasteiger partial charge in [0.1, 0.15) is 11.1 Å². The van der Waals surface area contributed by atoms with Gasteiger partial charge in [-0.3, -0.25) is 0 Å². The number of oxazole rings is 1. The van der Waals surface area contributed by atoms with Crippen molar-refractivity contribution < 1.29 is 9.15 Å². The van der Waals surface area contributed by atoms with Crippen LogP contribution in [0.2, 0.25) is 0 Å². The SMILES string of the molecule is CC(Cl)c1ncc(C2CCOC2C)o1. The maximum absolute atomic E-state index is 5.87. The first-order valence-corrected chi connectivity index (χ1v) is 5.33. The summed E-state index contributed by atoms with van der Waals surface area (Å²) >= 11 is 5.87. The topological polar surface area (TPSA) is 35.3 Å². The summed E-state index contributed by atoms with van der Waals surface area (Å²) in [6.07, 6.45) is 3.00. The van der Waals surface area contributed by atoms with Crippen LogP contribution >= 0.6 is 11.6 Å². The van der Waals surface area contributed by atoms with Crippen LogP contribution in [0, 0.1) is 0 Å². The fraction of sp³-hybridized carbons (Fsp3) is 0.700. The van der Waals surface area contributed by atoms with Crippen LogP contribution in [0.15, 0.2) is 10.6 Å². The fourth-order valence-electron chi connectivity index (χ4n) is 1.76. The van der Waals surface area contributed by atoms with Crippen molar-refractivity contribution in [1.29, 1.82) is 0 Å². The van der Waals surface area contributed by atoms with Gasteiger partial charge in [-0.05, 0) is 20.3 Å². The van der Waals surface area contributed by atoms with E-state index in [9.17, 15) is 0 Å². The fourth-order valence-corrected chi connectivity index (χ4v) is 1.86. The number of halogens is 1. The van der Waals surface area contributed by atoms with Gasteiger partial charge >= 0.3 is 0 Å². The summed E-state index contributed by atoms with van der Waals surface area (Å²) in [5.74, 6) is 1.84. The van der Waals surface area contributed by atoms with E-state index in [1.54, 1.807) is 6.20 Å². The Morgan fingerprint density at radius 3 is 2.93 bits per heavy atom. The third-order valence-electron chi connectivity index (χ3n) is 2.62. The zero-order chi connectivity index (χ0) is 10.1. The number of rotatable bonds is 2. The zero-order valence-electron chi connectivity index (χ0n) is 8.37. The highest BCUT2D eigenvalue weighted by Crippen LogP contribution is 2.32.